The first-order valence-corrected chi connectivity index (χ1v) is 19.7. The number of benzene rings is 7. The molecule has 1 aromatic heterocycles. The van der Waals surface area contributed by atoms with Gasteiger partial charge in [-0.15, -0.1) is 0 Å². The molecule has 0 bridgehead atoms. The van der Waals surface area contributed by atoms with E-state index in [0.717, 1.165) is 41.2 Å². The van der Waals surface area contributed by atoms with Gasteiger partial charge in [0, 0.05) is 27.7 Å². The number of para-hydroxylation sites is 2. The van der Waals surface area contributed by atoms with E-state index in [-0.39, 0.29) is 6.04 Å². The number of hydrogen-bond donors (Lipinski definition) is 0. The Morgan fingerprint density at radius 1 is 0.446 bits per heavy atom. The van der Waals surface area contributed by atoms with Crippen LogP contribution in [0.5, 0.6) is 0 Å². The monoisotopic (exact) mass is 719 g/mol. The van der Waals surface area contributed by atoms with Crippen LogP contribution in [0.3, 0.4) is 0 Å². The van der Waals surface area contributed by atoms with Crippen LogP contribution in [0.4, 0.5) is 11.4 Å². The van der Waals surface area contributed by atoms with E-state index in [4.69, 9.17) is 4.42 Å². The highest BCUT2D eigenvalue weighted by Gasteiger charge is 2.24. The zero-order valence-corrected chi connectivity index (χ0v) is 31.2. The number of furan rings is 1. The molecule has 8 aromatic rings. The molecule has 56 heavy (non-hydrogen) atoms. The first kappa shape index (κ1) is 33.7. The Balaban J connectivity index is 1.02. The summed E-state index contributed by atoms with van der Waals surface area (Å²) < 4.78 is 6.17. The van der Waals surface area contributed by atoms with Gasteiger partial charge in [0.15, 0.2) is 0 Å². The average Bonchev–Trinajstić information content (AvgIpc) is 3.66. The summed E-state index contributed by atoms with van der Waals surface area (Å²) in [6.07, 6.45) is 17.1. The van der Waals surface area contributed by atoms with Gasteiger partial charge < -0.3 is 9.32 Å². The fourth-order valence-corrected chi connectivity index (χ4v) is 8.44. The van der Waals surface area contributed by atoms with Gasteiger partial charge in [-0.2, -0.15) is 0 Å². The standard InChI is InChI=1S/C54H41NO/c1-4-14-38(15-5-1)39-24-30-45(31-25-39)55(52-22-12-10-20-48(52)41-16-6-2-7-17-41)46-32-26-40(27-33-46)43-28-34-47(50(36-43)42-18-8-3-9-19-42)44-29-35-54-51(37-44)49-21-11-13-23-53(49)56-54/h2-4,6-32,34-37,46H,1,5,33H2. The van der Waals surface area contributed by atoms with Crippen LogP contribution in [-0.4, -0.2) is 6.04 Å². The molecule has 7 aromatic carbocycles. The van der Waals surface area contributed by atoms with E-state index in [0.29, 0.717) is 0 Å². The molecule has 0 aliphatic heterocycles. The molecule has 0 N–H and O–H groups in total. The minimum absolute atomic E-state index is 0.132. The Morgan fingerprint density at radius 2 is 1.12 bits per heavy atom. The first-order chi connectivity index (χ1) is 27.8. The predicted octanol–water partition coefficient (Wildman–Crippen LogP) is 14.9. The van der Waals surface area contributed by atoms with E-state index in [9.17, 15) is 0 Å². The lowest BCUT2D eigenvalue weighted by atomic mass is 9.88. The molecule has 10 rings (SSSR count). The third kappa shape index (κ3) is 6.40. The Hall–Kier alpha value is -6.90. The van der Waals surface area contributed by atoms with Crippen LogP contribution in [0.1, 0.15) is 30.4 Å². The number of nitrogens with zero attached hydrogens (tertiary/aromatic N) is 1. The highest BCUT2D eigenvalue weighted by molar-refractivity contribution is 6.07. The Labute approximate surface area is 328 Å². The molecule has 0 saturated heterocycles. The molecule has 1 atom stereocenters. The van der Waals surface area contributed by atoms with Gasteiger partial charge in [0.25, 0.3) is 0 Å². The highest BCUT2D eigenvalue weighted by atomic mass is 16.3. The van der Waals surface area contributed by atoms with E-state index in [1.54, 1.807) is 0 Å². The van der Waals surface area contributed by atoms with Crippen LogP contribution in [0.2, 0.25) is 0 Å². The lowest BCUT2D eigenvalue weighted by Gasteiger charge is -2.35. The van der Waals surface area contributed by atoms with E-state index in [1.165, 1.54) is 67.0 Å². The van der Waals surface area contributed by atoms with Crippen LogP contribution >= 0.6 is 0 Å². The molecule has 0 spiro atoms. The zero-order chi connectivity index (χ0) is 37.3. The highest BCUT2D eigenvalue weighted by Crippen LogP contribution is 2.42. The lowest BCUT2D eigenvalue weighted by molar-refractivity contribution is 0.669. The van der Waals surface area contributed by atoms with Crippen molar-refractivity contribution >= 4 is 44.5 Å². The van der Waals surface area contributed by atoms with Crippen LogP contribution in [0.25, 0.3) is 66.5 Å². The molecule has 0 amide bonds. The number of hydrogen-bond acceptors (Lipinski definition) is 2. The molecule has 268 valence electrons. The maximum atomic E-state index is 6.17. The molecule has 1 unspecified atom stereocenters. The van der Waals surface area contributed by atoms with Crippen LogP contribution in [0.15, 0.2) is 211 Å². The van der Waals surface area contributed by atoms with Gasteiger partial charge in [-0.1, -0.05) is 164 Å². The summed E-state index contributed by atoms with van der Waals surface area (Å²) in [4.78, 5) is 2.52. The third-order valence-electron chi connectivity index (χ3n) is 11.3. The third-order valence-corrected chi connectivity index (χ3v) is 11.3. The van der Waals surface area contributed by atoms with Gasteiger partial charge in [0.1, 0.15) is 11.2 Å². The summed E-state index contributed by atoms with van der Waals surface area (Å²) in [5, 5.41) is 2.28. The quantitative estimate of drug-likeness (QED) is 0.155. The molecule has 2 heteroatoms. The summed E-state index contributed by atoms with van der Waals surface area (Å²) in [6.45, 7) is 0. The van der Waals surface area contributed by atoms with Crippen LogP contribution < -0.4 is 4.90 Å². The van der Waals surface area contributed by atoms with Crippen molar-refractivity contribution in [3.05, 3.63) is 217 Å². The second-order valence-corrected chi connectivity index (χ2v) is 14.7. The van der Waals surface area contributed by atoms with Gasteiger partial charge in [-0.05, 0) is 112 Å². The van der Waals surface area contributed by atoms with E-state index >= 15 is 0 Å². The number of fused-ring (bicyclic) bond motifs is 3. The topological polar surface area (TPSA) is 16.4 Å². The summed E-state index contributed by atoms with van der Waals surface area (Å²) in [7, 11) is 0. The molecule has 1 heterocycles. The zero-order valence-electron chi connectivity index (χ0n) is 31.2. The largest absolute Gasteiger partial charge is 0.456 e. The van der Waals surface area contributed by atoms with Crippen molar-refractivity contribution in [3.8, 4) is 33.4 Å². The Kier molecular flexibility index (Phi) is 8.85. The maximum Gasteiger partial charge on any atom is 0.135 e. The van der Waals surface area contributed by atoms with Crippen molar-refractivity contribution in [1.29, 1.82) is 0 Å². The number of allylic oxidation sites excluding steroid dienone is 6. The second-order valence-electron chi connectivity index (χ2n) is 14.7. The molecule has 0 saturated carbocycles. The van der Waals surface area contributed by atoms with Gasteiger partial charge in [0.2, 0.25) is 0 Å². The predicted molar refractivity (Wildman–Crippen MR) is 237 cm³/mol. The summed E-state index contributed by atoms with van der Waals surface area (Å²) in [5.74, 6) is 0. The summed E-state index contributed by atoms with van der Waals surface area (Å²) >= 11 is 0. The minimum Gasteiger partial charge on any atom is -0.456 e. The molecule has 0 fully saturated rings. The van der Waals surface area contributed by atoms with Crippen molar-refractivity contribution in [2.45, 2.75) is 25.3 Å². The van der Waals surface area contributed by atoms with Crippen molar-refractivity contribution in [2.24, 2.45) is 0 Å². The van der Waals surface area contributed by atoms with Crippen LogP contribution in [0, 0.1) is 0 Å². The Morgan fingerprint density at radius 3 is 1.89 bits per heavy atom. The normalized spacial score (nSPS) is 15.2. The van der Waals surface area contributed by atoms with E-state index in [1.807, 2.05) is 12.1 Å². The molecule has 2 aliphatic carbocycles. The average molecular weight is 720 g/mol. The molecular formula is C54H41NO. The Bertz CT molecular complexity index is 2820. The molecular weight excluding hydrogens is 679 g/mol. The number of rotatable bonds is 8. The van der Waals surface area contributed by atoms with Crippen LogP contribution in [-0.2, 0) is 0 Å². The van der Waals surface area contributed by atoms with Crippen molar-refractivity contribution < 1.29 is 4.42 Å². The summed E-state index contributed by atoms with van der Waals surface area (Å²) in [6, 6.07) is 61.4. The fourth-order valence-electron chi connectivity index (χ4n) is 8.44. The van der Waals surface area contributed by atoms with Gasteiger partial charge in [-0.25, -0.2) is 0 Å². The lowest BCUT2D eigenvalue weighted by Crippen LogP contribution is -2.30. The molecule has 2 nitrogen and oxygen atoms in total. The minimum atomic E-state index is 0.132. The smallest absolute Gasteiger partial charge is 0.135 e. The van der Waals surface area contributed by atoms with E-state index < -0.39 is 0 Å². The second kappa shape index (κ2) is 14.7. The SMILES string of the molecule is C1=CC(c2ccc(N(c3ccccc3-c3ccccc3)C3C=CC(c4ccc(-c5ccc6oc7ccccc7c6c5)c(-c5ccccc5)c4)=CC3)cc2)=CCC1. The van der Waals surface area contributed by atoms with E-state index in [2.05, 4.69) is 199 Å². The van der Waals surface area contributed by atoms with Crippen molar-refractivity contribution in [2.75, 3.05) is 4.90 Å². The van der Waals surface area contributed by atoms with Gasteiger partial charge in [0.05, 0.1) is 6.04 Å². The first-order valence-electron chi connectivity index (χ1n) is 19.7. The van der Waals surface area contributed by atoms with Crippen molar-refractivity contribution in [1.82, 2.24) is 0 Å². The maximum absolute atomic E-state index is 6.17. The molecule has 0 radical (unpaired) electrons. The number of anilines is 2. The molecule has 2 aliphatic rings. The fraction of sp³-hybridized carbons (Fsp3) is 0.0741. The van der Waals surface area contributed by atoms with Gasteiger partial charge >= 0.3 is 0 Å². The van der Waals surface area contributed by atoms with Gasteiger partial charge in [-0.3, -0.25) is 0 Å². The summed E-state index contributed by atoms with van der Waals surface area (Å²) in [5.41, 5.74) is 16.5. The van der Waals surface area contributed by atoms with Crippen molar-refractivity contribution in [3.63, 3.8) is 0 Å².